The standard InChI is InChI=1S/C15H28N2OS/c1-15(2,12-6-5-8-16-10-12)14(18)17-11-13-7-3-4-9-19-13/h12-13,16H,3-11H2,1-2H3,(H,17,18). The summed E-state index contributed by atoms with van der Waals surface area (Å²) in [6, 6.07) is 0. The average Bonchev–Trinajstić information content (AvgIpc) is 2.46. The van der Waals surface area contributed by atoms with E-state index in [-0.39, 0.29) is 11.3 Å². The number of thioether (sulfide) groups is 1. The molecule has 2 rings (SSSR count). The summed E-state index contributed by atoms with van der Waals surface area (Å²) in [4.78, 5) is 12.5. The molecule has 4 heteroatoms. The fraction of sp³-hybridized carbons (Fsp3) is 0.933. The summed E-state index contributed by atoms with van der Waals surface area (Å²) in [6.45, 7) is 7.15. The molecule has 2 aliphatic rings. The van der Waals surface area contributed by atoms with Crippen molar-refractivity contribution in [2.75, 3.05) is 25.4 Å². The van der Waals surface area contributed by atoms with E-state index in [1.54, 1.807) is 0 Å². The minimum atomic E-state index is -0.243. The number of rotatable bonds is 4. The predicted molar refractivity (Wildman–Crippen MR) is 82.5 cm³/mol. The smallest absolute Gasteiger partial charge is 0.226 e. The first kappa shape index (κ1) is 15.2. The Morgan fingerprint density at radius 2 is 2.16 bits per heavy atom. The molecule has 0 spiro atoms. The van der Waals surface area contributed by atoms with Gasteiger partial charge in [0.25, 0.3) is 0 Å². The van der Waals surface area contributed by atoms with Crippen molar-refractivity contribution in [1.29, 1.82) is 0 Å². The largest absolute Gasteiger partial charge is 0.355 e. The van der Waals surface area contributed by atoms with Crippen molar-refractivity contribution >= 4 is 17.7 Å². The second-order valence-electron chi connectivity index (χ2n) is 6.46. The van der Waals surface area contributed by atoms with E-state index in [9.17, 15) is 4.79 Å². The lowest BCUT2D eigenvalue weighted by Crippen LogP contribution is -2.48. The molecular formula is C15H28N2OS. The summed E-state index contributed by atoms with van der Waals surface area (Å²) >= 11 is 2.02. The zero-order valence-corrected chi connectivity index (χ0v) is 13.2. The highest BCUT2D eigenvalue weighted by molar-refractivity contribution is 7.99. The molecule has 2 unspecified atom stereocenters. The summed E-state index contributed by atoms with van der Waals surface area (Å²) in [5.41, 5.74) is -0.243. The third-order valence-electron chi connectivity index (χ3n) is 4.67. The van der Waals surface area contributed by atoms with Gasteiger partial charge in [-0.2, -0.15) is 11.8 Å². The van der Waals surface area contributed by atoms with Gasteiger partial charge < -0.3 is 10.6 Å². The van der Waals surface area contributed by atoms with Crippen molar-refractivity contribution in [3.63, 3.8) is 0 Å². The Morgan fingerprint density at radius 3 is 2.79 bits per heavy atom. The number of piperidine rings is 1. The Bertz CT molecular complexity index is 295. The number of nitrogens with one attached hydrogen (secondary N) is 2. The summed E-state index contributed by atoms with van der Waals surface area (Å²) < 4.78 is 0. The van der Waals surface area contributed by atoms with E-state index in [4.69, 9.17) is 0 Å². The van der Waals surface area contributed by atoms with Crippen LogP contribution in [-0.2, 0) is 4.79 Å². The Kier molecular flexibility index (Phi) is 5.58. The zero-order chi connectivity index (χ0) is 13.7. The number of amides is 1. The van der Waals surface area contributed by atoms with Gasteiger partial charge in [0.15, 0.2) is 0 Å². The summed E-state index contributed by atoms with van der Waals surface area (Å²) in [6.07, 6.45) is 6.29. The van der Waals surface area contributed by atoms with Crippen LogP contribution in [0, 0.1) is 11.3 Å². The van der Waals surface area contributed by atoms with Crippen molar-refractivity contribution in [3.8, 4) is 0 Å². The molecule has 2 fully saturated rings. The molecule has 1 amide bonds. The van der Waals surface area contributed by atoms with E-state index >= 15 is 0 Å². The number of carbonyl (C=O) groups excluding carboxylic acids is 1. The van der Waals surface area contributed by atoms with Crippen LogP contribution in [0.1, 0.15) is 46.0 Å². The maximum Gasteiger partial charge on any atom is 0.226 e. The Morgan fingerprint density at radius 1 is 1.32 bits per heavy atom. The van der Waals surface area contributed by atoms with Crippen molar-refractivity contribution in [3.05, 3.63) is 0 Å². The number of carbonyl (C=O) groups is 1. The van der Waals surface area contributed by atoms with Crippen LogP contribution in [-0.4, -0.2) is 36.5 Å². The molecule has 110 valence electrons. The minimum absolute atomic E-state index is 0.243. The first-order chi connectivity index (χ1) is 9.10. The average molecular weight is 284 g/mol. The van der Waals surface area contributed by atoms with E-state index < -0.39 is 0 Å². The van der Waals surface area contributed by atoms with Gasteiger partial charge in [-0.25, -0.2) is 0 Å². The summed E-state index contributed by atoms with van der Waals surface area (Å²) in [7, 11) is 0. The van der Waals surface area contributed by atoms with E-state index in [2.05, 4.69) is 24.5 Å². The molecule has 0 radical (unpaired) electrons. The van der Waals surface area contributed by atoms with Gasteiger partial charge >= 0.3 is 0 Å². The van der Waals surface area contributed by atoms with Crippen LogP contribution in [0.4, 0.5) is 0 Å². The van der Waals surface area contributed by atoms with Crippen LogP contribution in [0.2, 0.25) is 0 Å². The second kappa shape index (κ2) is 6.98. The third kappa shape index (κ3) is 4.12. The van der Waals surface area contributed by atoms with Crippen LogP contribution in [0.25, 0.3) is 0 Å². The number of hydrogen-bond donors (Lipinski definition) is 2. The molecular weight excluding hydrogens is 256 g/mol. The van der Waals surface area contributed by atoms with Crippen molar-refractivity contribution in [2.24, 2.45) is 11.3 Å². The molecule has 0 bridgehead atoms. The van der Waals surface area contributed by atoms with Gasteiger partial charge in [-0.05, 0) is 50.4 Å². The second-order valence-corrected chi connectivity index (χ2v) is 7.87. The SMILES string of the molecule is CC(C)(C(=O)NCC1CCCCS1)C1CCCNC1. The highest BCUT2D eigenvalue weighted by Gasteiger charge is 2.37. The molecule has 2 atom stereocenters. The lowest BCUT2D eigenvalue weighted by Gasteiger charge is -2.36. The van der Waals surface area contributed by atoms with Gasteiger partial charge in [0, 0.05) is 17.2 Å². The van der Waals surface area contributed by atoms with E-state index in [1.165, 1.54) is 37.9 Å². The van der Waals surface area contributed by atoms with Crippen molar-refractivity contribution in [1.82, 2.24) is 10.6 Å². The van der Waals surface area contributed by atoms with Gasteiger partial charge in [-0.3, -0.25) is 4.79 Å². The fourth-order valence-corrected chi connectivity index (χ4v) is 4.29. The van der Waals surface area contributed by atoms with Gasteiger partial charge in [-0.15, -0.1) is 0 Å². The van der Waals surface area contributed by atoms with Crippen LogP contribution in [0.5, 0.6) is 0 Å². The van der Waals surface area contributed by atoms with Crippen LogP contribution in [0.3, 0.4) is 0 Å². The molecule has 0 aromatic rings. The molecule has 19 heavy (non-hydrogen) atoms. The fourth-order valence-electron chi connectivity index (χ4n) is 3.06. The summed E-state index contributed by atoms with van der Waals surface area (Å²) in [5, 5.41) is 7.26. The van der Waals surface area contributed by atoms with Crippen molar-refractivity contribution < 1.29 is 4.79 Å². The first-order valence-electron chi connectivity index (χ1n) is 7.71. The molecule has 0 aromatic heterocycles. The normalized spacial score (nSPS) is 28.9. The third-order valence-corrected chi connectivity index (χ3v) is 6.07. The molecule has 0 aromatic carbocycles. The van der Waals surface area contributed by atoms with E-state index in [0.717, 1.165) is 19.6 Å². The van der Waals surface area contributed by atoms with Gasteiger partial charge in [0.1, 0.15) is 0 Å². The Labute approximate surface area is 121 Å². The maximum absolute atomic E-state index is 12.5. The van der Waals surface area contributed by atoms with Gasteiger partial charge in [0.2, 0.25) is 5.91 Å². The maximum atomic E-state index is 12.5. The molecule has 2 aliphatic heterocycles. The molecule has 0 saturated carbocycles. The number of hydrogen-bond acceptors (Lipinski definition) is 3. The van der Waals surface area contributed by atoms with Gasteiger partial charge in [-0.1, -0.05) is 20.3 Å². The van der Waals surface area contributed by atoms with Crippen LogP contribution in [0.15, 0.2) is 0 Å². The monoisotopic (exact) mass is 284 g/mol. The molecule has 2 heterocycles. The molecule has 2 saturated heterocycles. The van der Waals surface area contributed by atoms with Crippen molar-refractivity contribution in [2.45, 2.75) is 51.2 Å². The quantitative estimate of drug-likeness (QED) is 0.833. The van der Waals surface area contributed by atoms with Crippen LogP contribution >= 0.6 is 11.8 Å². The molecule has 2 N–H and O–H groups in total. The van der Waals surface area contributed by atoms with Gasteiger partial charge in [0.05, 0.1) is 0 Å². The first-order valence-corrected chi connectivity index (χ1v) is 8.76. The minimum Gasteiger partial charge on any atom is -0.355 e. The zero-order valence-electron chi connectivity index (χ0n) is 12.3. The predicted octanol–water partition coefficient (Wildman–Crippen LogP) is 2.41. The van der Waals surface area contributed by atoms with E-state index in [0.29, 0.717) is 11.2 Å². The summed E-state index contributed by atoms with van der Waals surface area (Å²) in [5.74, 6) is 1.98. The lowest BCUT2D eigenvalue weighted by atomic mass is 9.74. The Balaban J connectivity index is 1.79. The van der Waals surface area contributed by atoms with Crippen LogP contribution < -0.4 is 10.6 Å². The highest BCUT2D eigenvalue weighted by Crippen LogP contribution is 2.32. The highest BCUT2D eigenvalue weighted by atomic mass is 32.2. The van der Waals surface area contributed by atoms with E-state index in [1.807, 2.05) is 11.8 Å². The Hall–Kier alpha value is -0.220. The molecule has 0 aliphatic carbocycles. The topological polar surface area (TPSA) is 41.1 Å². The lowest BCUT2D eigenvalue weighted by molar-refractivity contribution is -0.132. The molecule has 3 nitrogen and oxygen atoms in total.